The van der Waals surface area contributed by atoms with Crippen molar-refractivity contribution in [2.24, 2.45) is 0 Å². The van der Waals surface area contributed by atoms with E-state index in [-0.39, 0.29) is 0 Å². The highest BCUT2D eigenvalue weighted by Crippen LogP contribution is 2.41. The van der Waals surface area contributed by atoms with E-state index in [9.17, 15) is 10.0 Å². The van der Waals surface area contributed by atoms with E-state index in [1.807, 2.05) is 42.5 Å². The fourth-order valence-electron chi connectivity index (χ4n) is 5.77. The van der Waals surface area contributed by atoms with Crippen LogP contribution in [0, 0.1) is 0 Å². The molecule has 1 aromatic heterocycles. The Bertz CT molecular complexity index is 2020. The molecular weight excluding hydrogens is 533 g/mol. The molecule has 0 unspecified atom stereocenters. The van der Waals surface area contributed by atoms with Crippen molar-refractivity contribution in [1.29, 1.82) is 0 Å². The largest absolute Gasteiger partial charge is 0.489 e. The molecule has 0 atom stereocenters. The van der Waals surface area contributed by atoms with Crippen molar-refractivity contribution in [2.75, 3.05) is 4.90 Å². The second kappa shape index (κ2) is 11.0. The maximum absolute atomic E-state index is 10.5. The van der Waals surface area contributed by atoms with Gasteiger partial charge in [0, 0.05) is 42.7 Å². The Morgan fingerprint density at radius 2 is 1.43 bits per heavy atom. The van der Waals surface area contributed by atoms with Crippen molar-refractivity contribution in [3.8, 4) is 22.3 Å². The van der Waals surface area contributed by atoms with E-state index < -0.39 is 7.12 Å². The topological polar surface area (TPSA) is 43.7 Å². The summed E-state index contributed by atoms with van der Waals surface area (Å²) in [7, 11) is -1.61. The summed E-state index contributed by atoms with van der Waals surface area (Å²) >= 11 is 1.59. The fraction of sp³-hybridized carbons (Fsp3) is 0.0270. The van der Waals surface area contributed by atoms with Gasteiger partial charge in [-0.3, -0.25) is 0 Å². The normalized spacial score (nSPS) is 14.7. The first kappa shape index (κ1) is 26.2. The van der Waals surface area contributed by atoms with Crippen LogP contribution < -0.4 is 10.4 Å². The predicted octanol–water partition coefficient (Wildman–Crippen LogP) is 8.39. The molecule has 42 heavy (non-hydrogen) atoms. The highest BCUT2D eigenvalue weighted by atomic mass is 32.1. The van der Waals surface area contributed by atoms with Crippen LogP contribution in [-0.2, 0) is 6.42 Å². The Morgan fingerprint density at radius 1 is 0.690 bits per heavy atom. The lowest BCUT2D eigenvalue weighted by Crippen LogP contribution is -2.31. The Kier molecular flexibility index (Phi) is 6.84. The molecule has 0 aliphatic carbocycles. The summed E-state index contributed by atoms with van der Waals surface area (Å²) in [6.07, 6.45) is 8.95. The molecule has 2 N–H and O–H groups in total. The average molecular weight is 562 g/mol. The molecule has 0 saturated carbocycles. The van der Waals surface area contributed by atoms with Crippen LogP contribution in [0.3, 0.4) is 0 Å². The molecule has 0 bridgehead atoms. The van der Waals surface area contributed by atoms with Crippen molar-refractivity contribution < 1.29 is 10.0 Å². The Hall–Kier alpha value is -4.68. The van der Waals surface area contributed by atoms with Gasteiger partial charge < -0.3 is 14.9 Å². The van der Waals surface area contributed by atoms with Gasteiger partial charge in [0.05, 0.1) is 0 Å². The fourth-order valence-corrected chi connectivity index (χ4v) is 7.03. The molecule has 6 aromatic rings. The van der Waals surface area contributed by atoms with Crippen LogP contribution in [0.1, 0.15) is 5.56 Å². The van der Waals surface area contributed by atoms with Gasteiger partial charge in [0.2, 0.25) is 0 Å². The van der Waals surface area contributed by atoms with Crippen LogP contribution in [0.5, 0.6) is 0 Å². The van der Waals surface area contributed by atoms with Crippen molar-refractivity contribution >= 4 is 55.5 Å². The Morgan fingerprint density at radius 3 is 2.26 bits per heavy atom. The minimum atomic E-state index is -1.61. The summed E-state index contributed by atoms with van der Waals surface area (Å²) in [5, 5.41) is 23.2. The van der Waals surface area contributed by atoms with Crippen molar-refractivity contribution in [3.05, 3.63) is 151 Å². The van der Waals surface area contributed by atoms with E-state index in [1.165, 1.54) is 16.7 Å². The number of para-hydroxylation sites is 1. The van der Waals surface area contributed by atoms with E-state index in [1.54, 1.807) is 11.3 Å². The van der Waals surface area contributed by atoms with Gasteiger partial charge in [0.1, 0.15) is 0 Å². The zero-order valence-corrected chi connectivity index (χ0v) is 23.8. The van der Waals surface area contributed by atoms with Crippen LogP contribution in [0.2, 0.25) is 0 Å². The Labute approximate surface area is 249 Å². The molecule has 0 radical (unpaired) electrons. The molecule has 5 heteroatoms. The van der Waals surface area contributed by atoms with Crippen LogP contribution in [0.15, 0.2) is 146 Å². The minimum Gasteiger partial charge on any atom is -0.423 e. The lowest BCUT2D eigenvalue weighted by Gasteiger charge is -2.28. The van der Waals surface area contributed by atoms with E-state index >= 15 is 0 Å². The number of thiophene rings is 1. The first-order valence-corrected chi connectivity index (χ1v) is 14.8. The number of benzene rings is 5. The zero-order valence-electron chi connectivity index (χ0n) is 22.9. The summed E-state index contributed by atoms with van der Waals surface area (Å²) in [6.45, 7) is 4.38. The molecule has 0 amide bonds. The molecule has 0 spiro atoms. The number of allylic oxidation sites excluding steroid dienone is 4. The van der Waals surface area contributed by atoms with Gasteiger partial charge in [-0.05, 0) is 70.6 Å². The highest BCUT2D eigenvalue weighted by molar-refractivity contribution is 7.27. The smallest absolute Gasteiger partial charge is 0.423 e. The van der Waals surface area contributed by atoms with Gasteiger partial charge in [0.25, 0.3) is 0 Å². The van der Waals surface area contributed by atoms with E-state index in [4.69, 9.17) is 0 Å². The molecule has 1 aliphatic heterocycles. The Balaban J connectivity index is 1.38. The third kappa shape index (κ3) is 4.78. The zero-order chi connectivity index (χ0) is 28.6. The standard InChI is InChI=1S/C37H28BNO2S/c1-25-11-4-2-7-14-27-15-8-9-18-35(27)39(25)31-23-33-32-20-19-30(22-36(32)42-37(33)34(24-31)38(40)41)29-17-10-16-28(21-29)26-12-5-3-6-13-26/h2-13,15-24,40-41H,1,14H2/b7-2-,11-4-. The van der Waals surface area contributed by atoms with Crippen molar-refractivity contribution in [1.82, 2.24) is 0 Å². The first-order valence-electron chi connectivity index (χ1n) is 14.0. The van der Waals surface area contributed by atoms with Crippen molar-refractivity contribution in [3.63, 3.8) is 0 Å². The lowest BCUT2D eigenvalue weighted by atomic mass is 9.79. The second-order valence-corrected chi connectivity index (χ2v) is 11.5. The molecule has 2 heterocycles. The van der Waals surface area contributed by atoms with Crippen LogP contribution in [0.4, 0.5) is 11.4 Å². The van der Waals surface area contributed by atoms with Gasteiger partial charge in [-0.25, -0.2) is 0 Å². The third-order valence-electron chi connectivity index (χ3n) is 7.82. The maximum atomic E-state index is 10.5. The van der Waals surface area contributed by atoms with Gasteiger partial charge in [-0.2, -0.15) is 0 Å². The molecule has 1 aliphatic rings. The molecule has 0 saturated heterocycles. The predicted molar refractivity (Wildman–Crippen MR) is 180 cm³/mol. The number of rotatable bonds is 4. The first-order chi connectivity index (χ1) is 20.6. The molecule has 5 aromatic carbocycles. The van der Waals surface area contributed by atoms with E-state index in [2.05, 4.69) is 102 Å². The van der Waals surface area contributed by atoms with Gasteiger partial charge in [-0.1, -0.05) is 104 Å². The quantitative estimate of drug-likeness (QED) is 0.213. The van der Waals surface area contributed by atoms with Crippen molar-refractivity contribution in [2.45, 2.75) is 6.42 Å². The highest BCUT2D eigenvalue weighted by Gasteiger charge is 2.23. The van der Waals surface area contributed by atoms with Gasteiger partial charge in [0.15, 0.2) is 0 Å². The summed E-state index contributed by atoms with van der Waals surface area (Å²) in [6, 6.07) is 37.8. The summed E-state index contributed by atoms with van der Waals surface area (Å²) in [4.78, 5) is 2.11. The number of anilines is 2. The third-order valence-corrected chi connectivity index (χ3v) is 9.04. The molecule has 7 rings (SSSR count). The molecule has 0 fully saturated rings. The van der Waals surface area contributed by atoms with Crippen LogP contribution in [0.25, 0.3) is 42.4 Å². The monoisotopic (exact) mass is 561 g/mol. The van der Waals surface area contributed by atoms with Gasteiger partial charge >= 0.3 is 7.12 Å². The molecule has 202 valence electrons. The molecular formula is C37H28BNO2S. The minimum absolute atomic E-state index is 0.489. The van der Waals surface area contributed by atoms with E-state index in [0.717, 1.165) is 54.8 Å². The SMILES string of the molecule is C=C1/C=C\C=C/Cc2ccccc2N1c1cc(B(O)O)c2sc3cc(-c4cccc(-c5ccccc5)c4)ccc3c2c1. The second-order valence-electron chi connectivity index (χ2n) is 10.5. The van der Waals surface area contributed by atoms with E-state index in [0.29, 0.717) is 5.46 Å². The van der Waals surface area contributed by atoms with Crippen LogP contribution in [-0.4, -0.2) is 17.2 Å². The molecule has 3 nitrogen and oxygen atoms in total. The number of nitrogens with zero attached hydrogens (tertiary/aromatic N) is 1. The lowest BCUT2D eigenvalue weighted by molar-refractivity contribution is 0.426. The number of fused-ring (bicyclic) bond motifs is 4. The average Bonchev–Trinajstić information content (AvgIpc) is 3.42. The maximum Gasteiger partial charge on any atom is 0.489 e. The van der Waals surface area contributed by atoms with Gasteiger partial charge in [-0.15, -0.1) is 11.3 Å². The number of hydrogen-bond acceptors (Lipinski definition) is 4. The summed E-state index contributed by atoms with van der Waals surface area (Å²) in [5.74, 6) is 0. The van der Waals surface area contributed by atoms with Crippen LogP contribution >= 0.6 is 11.3 Å². The number of hydrogen-bond donors (Lipinski definition) is 2. The summed E-state index contributed by atoms with van der Waals surface area (Å²) in [5.41, 5.74) is 8.95. The summed E-state index contributed by atoms with van der Waals surface area (Å²) < 4.78 is 1.97.